The van der Waals surface area contributed by atoms with Gasteiger partial charge in [0.05, 0.1) is 6.07 Å². The Morgan fingerprint density at radius 2 is 1.94 bits per heavy atom. The third-order valence-corrected chi connectivity index (χ3v) is 3.95. The van der Waals surface area contributed by atoms with Crippen LogP contribution < -0.4 is 5.32 Å². The van der Waals surface area contributed by atoms with Crippen LogP contribution in [-0.4, -0.2) is 17.2 Å². The lowest BCUT2D eigenvalue weighted by atomic mass is 9.70. The summed E-state index contributed by atoms with van der Waals surface area (Å²) in [6.45, 7) is 6.24. The van der Waals surface area contributed by atoms with Gasteiger partial charge >= 0.3 is 6.09 Å². The monoisotopic (exact) mass is 252 g/mol. The summed E-state index contributed by atoms with van der Waals surface area (Å²) in [5, 5.41) is 20.3. The molecule has 2 N–H and O–H groups in total. The standard InChI is InChI=1S/C14H24N2O2/c1-14(2,3)12(16-13(17)18)11-6-4-10(5-7-11)8-9-15/h10-12,16H,4-8H2,1-3H3,(H,17,18). The molecule has 0 aromatic heterocycles. The topological polar surface area (TPSA) is 73.1 Å². The highest BCUT2D eigenvalue weighted by Crippen LogP contribution is 2.37. The van der Waals surface area contributed by atoms with Crippen molar-refractivity contribution in [3.8, 4) is 6.07 Å². The third kappa shape index (κ3) is 4.21. The van der Waals surface area contributed by atoms with Crippen molar-refractivity contribution in [3.63, 3.8) is 0 Å². The molecule has 1 unspecified atom stereocenters. The maximum Gasteiger partial charge on any atom is 0.404 e. The van der Waals surface area contributed by atoms with Gasteiger partial charge in [-0.25, -0.2) is 4.79 Å². The number of nitriles is 1. The first-order valence-electron chi connectivity index (χ1n) is 6.71. The Bertz CT molecular complexity index is 320. The van der Waals surface area contributed by atoms with Crippen LogP contribution in [0.4, 0.5) is 4.79 Å². The number of carboxylic acid groups (broad SMARTS) is 1. The van der Waals surface area contributed by atoms with Crippen LogP contribution in [-0.2, 0) is 0 Å². The van der Waals surface area contributed by atoms with Gasteiger partial charge in [0.2, 0.25) is 0 Å². The zero-order valence-electron chi connectivity index (χ0n) is 11.6. The van der Waals surface area contributed by atoms with Gasteiger partial charge in [0.15, 0.2) is 0 Å². The van der Waals surface area contributed by atoms with Gasteiger partial charge < -0.3 is 10.4 Å². The van der Waals surface area contributed by atoms with Gasteiger partial charge in [0, 0.05) is 12.5 Å². The van der Waals surface area contributed by atoms with Crippen LogP contribution in [0.2, 0.25) is 0 Å². The first-order valence-corrected chi connectivity index (χ1v) is 6.71. The summed E-state index contributed by atoms with van der Waals surface area (Å²) in [7, 11) is 0. The minimum atomic E-state index is -0.936. The van der Waals surface area contributed by atoms with E-state index in [4.69, 9.17) is 10.4 Å². The van der Waals surface area contributed by atoms with Crippen LogP contribution in [0.15, 0.2) is 0 Å². The molecule has 0 saturated heterocycles. The van der Waals surface area contributed by atoms with Crippen molar-refractivity contribution < 1.29 is 9.90 Å². The Labute approximate surface area is 109 Å². The maximum absolute atomic E-state index is 10.9. The van der Waals surface area contributed by atoms with Crippen LogP contribution in [0.1, 0.15) is 52.9 Å². The Hall–Kier alpha value is -1.24. The van der Waals surface area contributed by atoms with Crippen molar-refractivity contribution >= 4 is 6.09 Å². The second-order valence-corrected chi connectivity index (χ2v) is 6.44. The number of nitrogens with zero attached hydrogens (tertiary/aromatic N) is 1. The summed E-state index contributed by atoms with van der Waals surface area (Å²) in [6.07, 6.45) is 3.84. The van der Waals surface area contributed by atoms with E-state index in [9.17, 15) is 4.79 Å². The number of hydrogen-bond donors (Lipinski definition) is 2. The molecular formula is C14H24N2O2. The SMILES string of the molecule is CC(C)(C)C(NC(=O)O)C1CCC(CC#N)CC1. The van der Waals surface area contributed by atoms with Crippen molar-refractivity contribution in [2.75, 3.05) is 0 Å². The van der Waals surface area contributed by atoms with Crippen molar-refractivity contribution in [3.05, 3.63) is 0 Å². The van der Waals surface area contributed by atoms with E-state index in [-0.39, 0.29) is 11.5 Å². The van der Waals surface area contributed by atoms with Gasteiger partial charge in [-0.2, -0.15) is 5.26 Å². The predicted molar refractivity (Wildman–Crippen MR) is 70.1 cm³/mol. The van der Waals surface area contributed by atoms with Crippen LogP contribution in [0.3, 0.4) is 0 Å². The lowest BCUT2D eigenvalue weighted by Crippen LogP contribution is -2.49. The molecule has 1 saturated carbocycles. The van der Waals surface area contributed by atoms with Crippen LogP contribution in [0.25, 0.3) is 0 Å². The molecule has 4 heteroatoms. The van der Waals surface area contributed by atoms with Crippen molar-refractivity contribution in [1.29, 1.82) is 5.26 Å². The molecule has 1 rings (SSSR count). The average Bonchev–Trinajstić information content (AvgIpc) is 2.26. The second kappa shape index (κ2) is 6.08. The molecule has 102 valence electrons. The molecule has 0 bridgehead atoms. The molecule has 1 aliphatic rings. The second-order valence-electron chi connectivity index (χ2n) is 6.44. The summed E-state index contributed by atoms with van der Waals surface area (Å²) in [5.74, 6) is 0.910. The normalized spacial score (nSPS) is 26.1. The van der Waals surface area contributed by atoms with E-state index in [1.807, 2.05) is 0 Å². The molecule has 1 fully saturated rings. The summed E-state index contributed by atoms with van der Waals surface area (Å²) in [5.41, 5.74) is -0.0644. The molecule has 0 aromatic rings. The fourth-order valence-electron chi connectivity index (χ4n) is 3.03. The minimum Gasteiger partial charge on any atom is -0.465 e. The lowest BCUT2D eigenvalue weighted by Gasteiger charge is -2.40. The van der Waals surface area contributed by atoms with Gasteiger partial charge in [-0.15, -0.1) is 0 Å². The van der Waals surface area contributed by atoms with Crippen LogP contribution >= 0.6 is 0 Å². The minimum absolute atomic E-state index is 0.00182. The summed E-state index contributed by atoms with van der Waals surface area (Å²) in [4.78, 5) is 10.9. The van der Waals surface area contributed by atoms with Crippen molar-refractivity contribution in [2.45, 2.75) is 58.9 Å². The molecular weight excluding hydrogens is 228 g/mol. The molecule has 0 aromatic carbocycles. The van der Waals surface area contributed by atoms with Crippen molar-refractivity contribution in [1.82, 2.24) is 5.32 Å². The average molecular weight is 252 g/mol. The summed E-state index contributed by atoms with van der Waals surface area (Å²) >= 11 is 0. The molecule has 0 radical (unpaired) electrons. The van der Waals surface area contributed by atoms with Gasteiger partial charge in [0.1, 0.15) is 0 Å². The first kappa shape index (κ1) is 14.8. The fourth-order valence-corrected chi connectivity index (χ4v) is 3.03. The predicted octanol–water partition coefficient (Wildman–Crippen LogP) is 3.39. The molecule has 1 atom stereocenters. The van der Waals surface area contributed by atoms with Gasteiger partial charge in [-0.05, 0) is 42.9 Å². The molecule has 0 aliphatic heterocycles. The smallest absolute Gasteiger partial charge is 0.404 e. The Morgan fingerprint density at radius 3 is 2.33 bits per heavy atom. The first-order chi connectivity index (χ1) is 8.34. The third-order valence-electron chi connectivity index (χ3n) is 3.95. The van der Waals surface area contributed by atoms with E-state index in [0.29, 0.717) is 18.3 Å². The molecule has 0 spiro atoms. The highest BCUT2D eigenvalue weighted by Gasteiger charge is 2.35. The van der Waals surface area contributed by atoms with E-state index in [0.717, 1.165) is 25.7 Å². The number of nitrogens with one attached hydrogen (secondary N) is 1. The van der Waals surface area contributed by atoms with E-state index >= 15 is 0 Å². The molecule has 18 heavy (non-hydrogen) atoms. The van der Waals surface area contributed by atoms with Crippen LogP contribution in [0.5, 0.6) is 0 Å². The number of rotatable bonds is 3. The zero-order valence-corrected chi connectivity index (χ0v) is 11.6. The molecule has 1 aliphatic carbocycles. The zero-order chi connectivity index (χ0) is 13.8. The van der Waals surface area contributed by atoms with Gasteiger partial charge in [0.25, 0.3) is 0 Å². The van der Waals surface area contributed by atoms with Crippen LogP contribution in [0, 0.1) is 28.6 Å². The molecule has 0 heterocycles. The Balaban J connectivity index is 2.61. The quantitative estimate of drug-likeness (QED) is 0.808. The lowest BCUT2D eigenvalue weighted by molar-refractivity contribution is 0.125. The maximum atomic E-state index is 10.9. The number of amides is 1. The Kier molecular flexibility index (Phi) is 5.01. The number of hydrogen-bond acceptors (Lipinski definition) is 2. The van der Waals surface area contributed by atoms with E-state index in [1.165, 1.54) is 0 Å². The largest absolute Gasteiger partial charge is 0.465 e. The molecule has 4 nitrogen and oxygen atoms in total. The van der Waals surface area contributed by atoms with E-state index in [1.54, 1.807) is 0 Å². The fraction of sp³-hybridized carbons (Fsp3) is 0.857. The highest BCUT2D eigenvalue weighted by atomic mass is 16.4. The van der Waals surface area contributed by atoms with Gasteiger partial charge in [-0.3, -0.25) is 0 Å². The highest BCUT2D eigenvalue weighted by molar-refractivity contribution is 5.65. The van der Waals surface area contributed by atoms with Gasteiger partial charge in [-0.1, -0.05) is 20.8 Å². The molecule has 1 amide bonds. The summed E-state index contributed by atoms with van der Waals surface area (Å²) in [6, 6.07) is 2.23. The van der Waals surface area contributed by atoms with E-state index < -0.39 is 6.09 Å². The van der Waals surface area contributed by atoms with E-state index in [2.05, 4.69) is 32.2 Å². The van der Waals surface area contributed by atoms with Crippen molar-refractivity contribution in [2.24, 2.45) is 17.3 Å². The Morgan fingerprint density at radius 1 is 1.39 bits per heavy atom. The number of carbonyl (C=O) groups is 1. The summed E-state index contributed by atoms with van der Waals surface area (Å²) < 4.78 is 0.